The molecule has 0 aliphatic heterocycles. The Kier molecular flexibility index (Phi) is 7.81. The van der Waals surface area contributed by atoms with E-state index in [1.165, 1.54) is 0 Å². The lowest BCUT2D eigenvalue weighted by Crippen LogP contribution is -1.97. The highest BCUT2D eigenvalue weighted by Gasteiger charge is 2.22. The summed E-state index contributed by atoms with van der Waals surface area (Å²) in [5, 5.41) is 0. The number of thiol groups is 1. The van der Waals surface area contributed by atoms with Gasteiger partial charge in [-0.25, -0.2) is 4.98 Å². The predicted octanol–water partition coefficient (Wildman–Crippen LogP) is 7.13. The molecule has 0 amide bonds. The van der Waals surface area contributed by atoms with Crippen LogP contribution < -0.4 is 4.52 Å². The van der Waals surface area contributed by atoms with Crippen molar-refractivity contribution in [1.29, 1.82) is 0 Å². The average molecular weight is 515 g/mol. The van der Waals surface area contributed by atoms with Gasteiger partial charge in [-0.15, -0.1) is 12.6 Å². The Labute approximate surface area is 188 Å². The number of rotatable bonds is 8. The Hall–Kier alpha value is -0.630. The molecule has 1 aromatic heterocycles. The fourth-order valence-electron chi connectivity index (χ4n) is 2.45. The molecule has 0 fully saturated rings. The number of hydrogen-bond donors (Lipinski definition) is 1. The number of nitrogens with zero attached hydrogens (tertiary/aromatic N) is 2. The maximum atomic E-state index is 6.10. The molecule has 0 saturated heterocycles. The van der Waals surface area contributed by atoms with Crippen LogP contribution in [0.25, 0.3) is 22.3 Å². The molecule has 0 spiro atoms. The molecule has 3 rings (SSSR count). The second-order valence-electron chi connectivity index (χ2n) is 5.86. The highest BCUT2D eigenvalue weighted by Crippen LogP contribution is 2.61. The van der Waals surface area contributed by atoms with Crippen LogP contribution in [0.15, 0.2) is 52.0 Å². The van der Waals surface area contributed by atoms with Gasteiger partial charge in [-0.2, -0.15) is 0 Å². The van der Waals surface area contributed by atoms with Gasteiger partial charge in [-0.3, -0.25) is 4.98 Å². The molecule has 9 heteroatoms. The van der Waals surface area contributed by atoms with E-state index in [1.807, 2.05) is 43.3 Å². The van der Waals surface area contributed by atoms with Crippen LogP contribution in [-0.2, 0) is 16.3 Å². The highest BCUT2D eigenvalue weighted by atomic mass is 79.9. The molecule has 3 aromatic rings. The molecule has 0 N–H and O–H groups in total. The fourth-order valence-corrected chi connectivity index (χ4v) is 7.82. The summed E-state index contributed by atoms with van der Waals surface area (Å²) in [5.41, 5.74) is 0.927. The lowest BCUT2D eigenvalue weighted by molar-refractivity contribution is 0.343. The van der Waals surface area contributed by atoms with Crippen LogP contribution in [-0.4, -0.2) is 22.3 Å². The van der Waals surface area contributed by atoms with E-state index < -0.39 is 5.69 Å². The van der Waals surface area contributed by atoms with E-state index in [9.17, 15) is 0 Å². The number of halogens is 1. The van der Waals surface area contributed by atoms with Gasteiger partial charge in [-0.1, -0.05) is 34.2 Å². The lowest BCUT2D eigenvalue weighted by atomic mass is 10.1. The minimum absolute atomic E-state index is 0.524. The van der Waals surface area contributed by atoms with E-state index in [-0.39, 0.29) is 0 Å². The summed E-state index contributed by atoms with van der Waals surface area (Å²) in [7, 11) is 0. The van der Waals surface area contributed by atoms with Crippen molar-refractivity contribution in [3.8, 4) is 17.0 Å². The third kappa shape index (κ3) is 5.49. The summed E-state index contributed by atoms with van der Waals surface area (Å²) in [6.45, 7) is 4.56. The second kappa shape index (κ2) is 9.92. The van der Waals surface area contributed by atoms with Gasteiger partial charge in [0.15, 0.2) is 0 Å². The first-order chi connectivity index (χ1) is 13.4. The van der Waals surface area contributed by atoms with Gasteiger partial charge in [0.1, 0.15) is 5.75 Å². The summed E-state index contributed by atoms with van der Waals surface area (Å²) in [6, 6.07) is 11.6. The number of benzene rings is 2. The standard InChI is InChI=1S/C19H20BrN2O2PS3/c1-3-9-28-25(27,23-4-2)24-18-8-5-13(10-19(18)26)17-12-21-15-7-6-14(20)11-16(15)22-17/h5-8,10-12,26H,3-4,9H2,1-2H3. The predicted molar refractivity (Wildman–Crippen MR) is 129 cm³/mol. The first-order valence-electron chi connectivity index (χ1n) is 8.78. The zero-order valence-electron chi connectivity index (χ0n) is 15.5. The Morgan fingerprint density at radius 1 is 1.18 bits per heavy atom. The molecule has 0 radical (unpaired) electrons. The molecule has 4 nitrogen and oxygen atoms in total. The third-order valence-electron chi connectivity index (χ3n) is 3.71. The van der Waals surface area contributed by atoms with Crippen molar-refractivity contribution in [2.24, 2.45) is 0 Å². The summed E-state index contributed by atoms with van der Waals surface area (Å²) < 4.78 is 12.8. The Morgan fingerprint density at radius 2 is 2.00 bits per heavy atom. The van der Waals surface area contributed by atoms with Crippen molar-refractivity contribution in [2.75, 3.05) is 12.4 Å². The lowest BCUT2D eigenvalue weighted by Gasteiger charge is -2.22. The van der Waals surface area contributed by atoms with Crippen molar-refractivity contribution in [3.63, 3.8) is 0 Å². The van der Waals surface area contributed by atoms with Crippen molar-refractivity contribution < 1.29 is 9.05 Å². The Bertz CT molecular complexity index is 1040. The summed E-state index contributed by atoms with van der Waals surface area (Å²) in [6.07, 6.45) is 2.78. The molecule has 1 atom stereocenters. The molecule has 1 heterocycles. The van der Waals surface area contributed by atoms with Gasteiger partial charge in [0, 0.05) is 20.7 Å². The molecule has 0 aliphatic rings. The molecule has 28 heavy (non-hydrogen) atoms. The Morgan fingerprint density at radius 3 is 2.71 bits per heavy atom. The van der Waals surface area contributed by atoms with Gasteiger partial charge in [0.05, 0.1) is 29.5 Å². The minimum atomic E-state index is -2.44. The molecular formula is C19H20BrN2O2PS3. The van der Waals surface area contributed by atoms with Crippen LogP contribution in [0.5, 0.6) is 5.75 Å². The summed E-state index contributed by atoms with van der Waals surface area (Å²) >= 11 is 15.3. The van der Waals surface area contributed by atoms with Crippen molar-refractivity contribution in [2.45, 2.75) is 25.2 Å². The molecule has 0 saturated carbocycles. The molecule has 1 unspecified atom stereocenters. The first kappa shape index (κ1) is 22.1. The van der Waals surface area contributed by atoms with Crippen LogP contribution in [0.2, 0.25) is 0 Å². The number of hydrogen-bond acceptors (Lipinski definition) is 7. The monoisotopic (exact) mass is 514 g/mol. The van der Waals surface area contributed by atoms with Gasteiger partial charge >= 0.3 is 0 Å². The van der Waals surface area contributed by atoms with Gasteiger partial charge < -0.3 is 9.05 Å². The quantitative estimate of drug-likeness (QED) is 0.254. The van der Waals surface area contributed by atoms with E-state index in [4.69, 9.17) is 25.8 Å². The van der Waals surface area contributed by atoms with Crippen LogP contribution in [0.1, 0.15) is 20.3 Å². The van der Waals surface area contributed by atoms with Gasteiger partial charge in [0.25, 0.3) is 5.69 Å². The SMILES string of the molecule is CCCSP(=S)(OCC)Oc1ccc(-c2cnc3ccc(Br)cc3n2)cc1S. The van der Waals surface area contributed by atoms with E-state index in [1.54, 1.807) is 17.6 Å². The van der Waals surface area contributed by atoms with Crippen LogP contribution in [0, 0.1) is 0 Å². The fraction of sp³-hybridized carbons (Fsp3) is 0.263. The second-order valence-corrected chi connectivity index (χ2v) is 13.6. The maximum Gasteiger partial charge on any atom is 0.297 e. The number of aromatic nitrogens is 2. The molecule has 148 valence electrons. The van der Waals surface area contributed by atoms with Gasteiger partial charge in [0.2, 0.25) is 0 Å². The van der Waals surface area contributed by atoms with Crippen molar-refractivity contribution in [3.05, 3.63) is 47.1 Å². The first-order valence-corrected chi connectivity index (χ1v) is 14.3. The van der Waals surface area contributed by atoms with E-state index in [0.29, 0.717) is 17.3 Å². The minimum Gasteiger partial charge on any atom is -0.435 e. The summed E-state index contributed by atoms with van der Waals surface area (Å²) in [5.74, 6) is 1.53. The van der Waals surface area contributed by atoms with Gasteiger partial charge in [-0.05, 0) is 61.5 Å². The highest BCUT2D eigenvalue weighted by molar-refractivity contribution is 9.10. The molecule has 0 bridgehead atoms. The smallest absolute Gasteiger partial charge is 0.297 e. The normalized spacial score (nSPS) is 13.4. The zero-order valence-corrected chi connectivity index (χ0v) is 20.5. The van der Waals surface area contributed by atoms with Crippen LogP contribution in [0.4, 0.5) is 0 Å². The third-order valence-corrected chi connectivity index (χ3v) is 9.98. The van der Waals surface area contributed by atoms with E-state index in [2.05, 4.69) is 40.5 Å². The maximum absolute atomic E-state index is 6.10. The van der Waals surface area contributed by atoms with Crippen LogP contribution >= 0.6 is 45.6 Å². The van der Waals surface area contributed by atoms with Crippen molar-refractivity contribution in [1.82, 2.24) is 9.97 Å². The molecule has 2 aromatic carbocycles. The zero-order chi connectivity index (χ0) is 20.1. The summed E-state index contributed by atoms with van der Waals surface area (Å²) in [4.78, 5) is 9.90. The van der Waals surface area contributed by atoms with Crippen molar-refractivity contribution >= 4 is 68.5 Å². The largest absolute Gasteiger partial charge is 0.435 e. The topological polar surface area (TPSA) is 44.2 Å². The van der Waals surface area contributed by atoms with E-state index in [0.717, 1.165) is 38.9 Å². The molecule has 0 aliphatic carbocycles. The van der Waals surface area contributed by atoms with E-state index >= 15 is 0 Å². The Balaban J connectivity index is 1.88. The van der Waals surface area contributed by atoms with Crippen LogP contribution in [0.3, 0.4) is 0 Å². The average Bonchev–Trinajstić information content (AvgIpc) is 2.67. The molecular weight excluding hydrogens is 495 g/mol. The number of fused-ring (bicyclic) bond motifs is 1.